The van der Waals surface area contributed by atoms with Crippen LogP contribution in [-0.2, 0) is 10.0 Å². The molecule has 1 saturated heterocycles. The quantitative estimate of drug-likeness (QED) is 0.546. The second kappa shape index (κ2) is 8.69. The minimum Gasteiger partial charge on any atom is -0.249 e. The predicted octanol–water partition coefficient (Wildman–Crippen LogP) is 5.46. The first-order chi connectivity index (χ1) is 14.0. The number of piperidine rings is 1. The van der Waals surface area contributed by atoms with E-state index in [-0.39, 0.29) is 6.04 Å². The van der Waals surface area contributed by atoms with E-state index in [1.807, 2.05) is 55.6 Å². The molecule has 6 heteroatoms. The van der Waals surface area contributed by atoms with E-state index in [9.17, 15) is 8.42 Å². The van der Waals surface area contributed by atoms with Crippen molar-refractivity contribution in [3.63, 3.8) is 0 Å². The van der Waals surface area contributed by atoms with Crippen molar-refractivity contribution in [1.29, 1.82) is 0 Å². The fourth-order valence-corrected chi connectivity index (χ4v) is 6.09. The van der Waals surface area contributed by atoms with Gasteiger partial charge in [-0.3, -0.25) is 0 Å². The van der Waals surface area contributed by atoms with Gasteiger partial charge in [0, 0.05) is 17.6 Å². The lowest BCUT2D eigenvalue weighted by Gasteiger charge is -2.34. The molecule has 0 amide bonds. The second-order valence-electron chi connectivity index (χ2n) is 7.29. The average Bonchev–Trinajstić information content (AvgIpc) is 2.75. The van der Waals surface area contributed by atoms with Crippen LogP contribution in [0.25, 0.3) is 0 Å². The molecule has 1 aliphatic heterocycles. The molecule has 2 aromatic carbocycles. The lowest BCUT2D eigenvalue weighted by atomic mass is 9.99. The summed E-state index contributed by atoms with van der Waals surface area (Å²) in [6.07, 6.45) is 4.55. The number of hydrogen-bond donors (Lipinski definition) is 0. The molecule has 0 spiro atoms. The van der Waals surface area contributed by atoms with Crippen molar-refractivity contribution in [1.82, 2.24) is 9.29 Å². The van der Waals surface area contributed by atoms with Crippen molar-refractivity contribution in [3.8, 4) is 0 Å². The van der Waals surface area contributed by atoms with Gasteiger partial charge in [0.2, 0.25) is 10.0 Å². The monoisotopic (exact) mass is 424 g/mol. The molecule has 4 rings (SSSR count). The highest BCUT2D eigenvalue weighted by molar-refractivity contribution is 7.99. The van der Waals surface area contributed by atoms with Crippen LogP contribution in [0.5, 0.6) is 0 Å². The van der Waals surface area contributed by atoms with Crippen LogP contribution in [0.15, 0.2) is 87.7 Å². The van der Waals surface area contributed by atoms with Crippen molar-refractivity contribution < 1.29 is 8.42 Å². The van der Waals surface area contributed by atoms with Crippen LogP contribution in [0, 0.1) is 6.92 Å². The Labute approximate surface area is 177 Å². The molecule has 0 unspecified atom stereocenters. The van der Waals surface area contributed by atoms with Crippen LogP contribution in [-0.4, -0.2) is 24.3 Å². The van der Waals surface area contributed by atoms with Crippen LogP contribution in [0.3, 0.4) is 0 Å². The first-order valence-corrected chi connectivity index (χ1v) is 12.1. The molecule has 0 N–H and O–H groups in total. The van der Waals surface area contributed by atoms with Gasteiger partial charge in [-0.2, -0.15) is 4.31 Å². The van der Waals surface area contributed by atoms with E-state index in [0.717, 1.165) is 40.3 Å². The maximum atomic E-state index is 13.3. The van der Waals surface area contributed by atoms with Gasteiger partial charge in [0.1, 0.15) is 5.03 Å². The highest BCUT2D eigenvalue weighted by atomic mass is 32.2. The maximum Gasteiger partial charge on any atom is 0.243 e. The first-order valence-electron chi connectivity index (χ1n) is 9.81. The molecule has 4 nitrogen and oxygen atoms in total. The molecule has 1 fully saturated rings. The summed E-state index contributed by atoms with van der Waals surface area (Å²) < 4.78 is 28.2. The summed E-state index contributed by atoms with van der Waals surface area (Å²) in [4.78, 5) is 6.09. The Morgan fingerprint density at radius 2 is 1.72 bits per heavy atom. The molecule has 0 radical (unpaired) electrons. The third-order valence-electron chi connectivity index (χ3n) is 5.19. The Bertz CT molecular complexity index is 1050. The largest absolute Gasteiger partial charge is 0.249 e. The Hall–Kier alpha value is -2.15. The molecule has 0 bridgehead atoms. The lowest BCUT2D eigenvalue weighted by molar-refractivity contribution is 0.255. The molecule has 150 valence electrons. The predicted molar refractivity (Wildman–Crippen MR) is 116 cm³/mol. The van der Waals surface area contributed by atoms with E-state index in [4.69, 9.17) is 0 Å². The normalized spacial score (nSPS) is 17.9. The lowest BCUT2D eigenvalue weighted by Crippen LogP contribution is -2.38. The zero-order valence-electron chi connectivity index (χ0n) is 16.4. The summed E-state index contributed by atoms with van der Waals surface area (Å²) in [5.74, 6) is 0. The van der Waals surface area contributed by atoms with Crippen molar-refractivity contribution in [3.05, 3.63) is 84.1 Å². The number of rotatable bonds is 5. The molecular formula is C23H24N2O2S2. The summed E-state index contributed by atoms with van der Waals surface area (Å²) >= 11 is 1.60. The van der Waals surface area contributed by atoms with Gasteiger partial charge in [-0.1, -0.05) is 60.1 Å². The summed E-state index contributed by atoms with van der Waals surface area (Å²) in [6, 6.07) is 21.1. The number of pyridine rings is 1. The van der Waals surface area contributed by atoms with E-state index in [1.54, 1.807) is 28.2 Å². The van der Waals surface area contributed by atoms with E-state index in [0.29, 0.717) is 11.4 Å². The van der Waals surface area contributed by atoms with Crippen LogP contribution < -0.4 is 0 Å². The number of aryl methyl sites for hydroxylation is 1. The third-order valence-corrected chi connectivity index (χ3v) is 8.07. The fraction of sp³-hybridized carbons (Fsp3) is 0.261. The zero-order chi connectivity index (χ0) is 20.3. The number of nitrogens with zero attached hydrogens (tertiary/aromatic N) is 2. The van der Waals surface area contributed by atoms with Gasteiger partial charge in [0.05, 0.1) is 10.9 Å². The van der Waals surface area contributed by atoms with E-state index in [2.05, 4.69) is 17.1 Å². The van der Waals surface area contributed by atoms with Gasteiger partial charge in [0.15, 0.2) is 0 Å². The van der Waals surface area contributed by atoms with Crippen molar-refractivity contribution in [2.45, 2.75) is 47.0 Å². The number of benzene rings is 2. The summed E-state index contributed by atoms with van der Waals surface area (Å²) in [5, 5.41) is 0.906. The van der Waals surface area contributed by atoms with Crippen LogP contribution in [0.2, 0.25) is 0 Å². The SMILES string of the molecule is Cc1ccc(S(=O)(=O)N2CCCC[C@H]2c2ccc(Sc3ccccc3)nc2)cc1. The highest BCUT2D eigenvalue weighted by Crippen LogP contribution is 2.36. The van der Waals surface area contributed by atoms with E-state index in [1.165, 1.54) is 0 Å². The number of aromatic nitrogens is 1. The molecule has 3 aromatic rings. The summed E-state index contributed by atoms with van der Waals surface area (Å²) in [6.45, 7) is 2.50. The molecule has 0 saturated carbocycles. The number of hydrogen-bond acceptors (Lipinski definition) is 4. The van der Waals surface area contributed by atoms with Gasteiger partial charge in [-0.25, -0.2) is 13.4 Å². The fourth-order valence-electron chi connectivity index (χ4n) is 3.63. The summed E-state index contributed by atoms with van der Waals surface area (Å²) in [7, 11) is -3.53. The standard InChI is InChI=1S/C23H24N2O2S2/c1-18-10-13-21(14-11-18)29(26,27)25-16-6-5-9-22(25)19-12-15-23(24-17-19)28-20-7-3-2-4-8-20/h2-4,7-8,10-15,17,22H,5-6,9,16H2,1H3/t22-/m0/s1. The number of sulfonamides is 1. The van der Waals surface area contributed by atoms with E-state index < -0.39 is 10.0 Å². The first kappa shape index (κ1) is 20.1. The van der Waals surface area contributed by atoms with Crippen LogP contribution in [0.1, 0.15) is 36.4 Å². The molecule has 1 aromatic heterocycles. The molecule has 1 atom stereocenters. The molecule has 29 heavy (non-hydrogen) atoms. The van der Waals surface area contributed by atoms with Gasteiger partial charge >= 0.3 is 0 Å². The Kier molecular flexibility index (Phi) is 6.04. The van der Waals surface area contributed by atoms with Gasteiger partial charge in [0.25, 0.3) is 0 Å². The van der Waals surface area contributed by atoms with Crippen molar-refractivity contribution in [2.75, 3.05) is 6.54 Å². The summed E-state index contributed by atoms with van der Waals surface area (Å²) in [5.41, 5.74) is 2.01. The topological polar surface area (TPSA) is 50.3 Å². The van der Waals surface area contributed by atoms with Crippen molar-refractivity contribution in [2.24, 2.45) is 0 Å². The van der Waals surface area contributed by atoms with Crippen LogP contribution >= 0.6 is 11.8 Å². The minimum absolute atomic E-state index is 0.168. The van der Waals surface area contributed by atoms with Gasteiger partial charge < -0.3 is 0 Å². The maximum absolute atomic E-state index is 13.3. The zero-order valence-corrected chi connectivity index (χ0v) is 18.0. The third kappa shape index (κ3) is 4.55. The highest BCUT2D eigenvalue weighted by Gasteiger charge is 2.34. The van der Waals surface area contributed by atoms with Crippen LogP contribution in [0.4, 0.5) is 0 Å². The van der Waals surface area contributed by atoms with E-state index >= 15 is 0 Å². The Morgan fingerprint density at radius 3 is 2.41 bits per heavy atom. The Balaban J connectivity index is 1.58. The molecule has 0 aliphatic carbocycles. The smallest absolute Gasteiger partial charge is 0.243 e. The minimum atomic E-state index is -3.53. The Morgan fingerprint density at radius 1 is 0.966 bits per heavy atom. The second-order valence-corrected chi connectivity index (χ2v) is 10.3. The molecule has 2 heterocycles. The molecule has 1 aliphatic rings. The van der Waals surface area contributed by atoms with Crippen molar-refractivity contribution >= 4 is 21.8 Å². The average molecular weight is 425 g/mol. The van der Waals surface area contributed by atoms with Gasteiger partial charge in [-0.15, -0.1) is 0 Å². The van der Waals surface area contributed by atoms with Gasteiger partial charge in [-0.05, 0) is 55.7 Å². The molecular weight excluding hydrogens is 400 g/mol.